The molecule has 2 rings (SSSR count). The van der Waals surface area contributed by atoms with Gasteiger partial charge in [0.2, 0.25) is 0 Å². The van der Waals surface area contributed by atoms with Crippen LogP contribution >= 0.6 is 27.3 Å². The zero-order valence-corrected chi connectivity index (χ0v) is 11.6. The fourth-order valence-electron chi connectivity index (χ4n) is 2.15. The van der Waals surface area contributed by atoms with Crippen LogP contribution in [0.15, 0.2) is 27.6 Å². The van der Waals surface area contributed by atoms with Crippen LogP contribution in [0.5, 0.6) is 0 Å². The lowest BCUT2D eigenvalue weighted by molar-refractivity contribution is 0.600. The molecule has 88 valence electrons. The van der Waals surface area contributed by atoms with Crippen LogP contribution in [0.2, 0.25) is 0 Å². The molecule has 0 amide bonds. The molecule has 0 fully saturated rings. The number of hydrogen-bond donors (Lipinski definition) is 2. The van der Waals surface area contributed by atoms with Crippen LogP contribution in [0.4, 0.5) is 0 Å². The van der Waals surface area contributed by atoms with Crippen molar-refractivity contribution in [3.63, 3.8) is 0 Å². The summed E-state index contributed by atoms with van der Waals surface area (Å²) in [7, 11) is 0. The largest absolute Gasteiger partial charge is 0.271 e. The Bertz CT molecular complexity index is 373. The first-order chi connectivity index (χ1) is 7.81. The minimum atomic E-state index is 0.203. The first kappa shape index (κ1) is 12.3. The van der Waals surface area contributed by atoms with Crippen molar-refractivity contribution in [2.75, 3.05) is 0 Å². The second-order valence-electron chi connectivity index (χ2n) is 4.15. The van der Waals surface area contributed by atoms with Gasteiger partial charge in [0, 0.05) is 14.7 Å². The Kier molecular flexibility index (Phi) is 4.58. The van der Waals surface area contributed by atoms with Crippen LogP contribution in [-0.2, 0) is 0 Å². The van der Waals surface area contributed by atoms with Crippen molar-refractivity contribution in [3.05, 3.63) is 32.4 Å². The summed E-state index contributed by atoms with van der Waals surface area (Å²) < 4.78 is 1.14. The van der Waals surface area contributed by atoms with Crippen LogP contribution in [0.3, 0.4) is 0 Å². The van der Waals surface area contributed by atoms with E-state index in [0.717, 1.165) is 4.47 Å². The SMILES string of the molecule is NNC(C1=CCCCCC1)c1cc(Br)cs1. The minimum absolute atomic E-state index is 0.203. The zero-order valence-electron chi connectivity index (χ0n) is 9.21. The number of rotatable bonds is 3. The summed E-state index contributed by atoms with van der Waals surface area (Å²) in [5.41, 5.74) is 4.40. The highest BCUT2D eigenvalue weighted by Crippen LogP contribution is 2.33. The summed E-state index contributed by atoms with van der Waals surface area (Å²) in [4.78, 5) is 1.29. The number of halogens is 1. The Labute approximate surface area is 109 Å². The molecule has 1 unspecified atom stereocenters. The Morgan fingerprint density at radius 2 is 2.25 bits per heavy atom. The third kappa shape index (κ3) is 2.94. The van der Waals surface area contributed by atoms with Gasteiger partial charge in [0.1, 0.15) is 0 Å². The van der Waals surface area contributed by atoms with Crippen LogP contribution in [0, 0.1) is 0 Å². The molecule has 0 radical (unpaired) electrons. The maximum Gasteiger partial charge on any atom is 0.0763 e. The second kappa shape index (κ2) is 5.96. The standard InChI is InChI=1S/C12H17BrN2S/c13-10-7-11(16-8-10)12(15-14)9-5-3-1-2-4-6-9/h5,7-8,12,15H,1-4,6,14H2. The lowest BCUT2D eigenvalue weighted by Crippen LogP contribution is -2.28. The average Bonchev–Trinajstić information content (AvgIpc) is 2.55. The average molecular weight is 301 g/mol. The van der Waals surface area contributed by atoms with Crippen molar-refractivity contribution >= 4 is 27.3 Å². The van der Waals surface area contributed by atoms with E-state index >= 15 is 0 Å². The monoisotopic (exact) mass is 300 g/mol. The highest BCUT2D eigenvalue weighted by molar-refractivity contribution is 9.10. The van der Waals surface area contributed by atoms with Gasteiger partial charge in [0.15, 0.2) is 0 Å². The third-order valence-corrected chi connectivity index (χ3v) is 4.74. The molecule has 3 N–H and O–H groups in total. The first-order valence-corrected chi connectivity index (χ1v) is 7.37. The van der Waals surface area contributed by atoms with E-state index in [2.05, 4.69) is 38.9 Å². The number of nitrogens with two attached hydrogens (primary N) is 1. The molecule has 0 aliphatic heterocycles. The maximum absolute atomic E-state index is 5.70. The second-order valence-corrected chi connectivity index (χ2v) is 6.00. The van der Waals surface area contributed by atoms with E-state index in [1.807, 2.05) is 0 Å². The van der Waals surface area contributed by atoms with Gasteiger partial charge in [-0.15, -0.1) is 11.3 Å². The van der Waals surface area contributed by atoms with Crippen LogP contribution in [0.1, 0.15) is 43.0 Å². The number of thiophene rings is 1. The molecule has 16 heavy (non-hydrogen) atoms. The minimum Gasteiger partial charge on any atom is -0.271 e. The number of hydrogen-bond acceptors (Lipinski definition) is 3. The molecule has 1 aromatic rings. The normalized spacial score (nSPS) is 19.0. The fraction of sp³-hybridized carbons (Fsp3) is 0.500. The molecular weight excluding hydrogens is 284 g/mol. The van der Waals surface area contributed by atoms with Gasteiger partial charge in [-0.3, -0.25) is 5.84 Å². The van der Waals surface area contributed by atoms with Crippen molar-refractivity contribution < 1.29 is 0 Å². The van der Waals surface area contributed by atoms with E-state index in [-0.39, 0.29) is 6.04 Å². The number of nitrogens with one attached hydrogen (secondary N) is 1. The molecule has 1 aliphatic rings. The zero-order chi connectivity index (χ0) is 11.4. The Morgan fingerprint density at radius 3 is 2.94 bits per heavy atom. The number of hydrazine groups is 1. The molecule has 0 bridgehead atoms. The molecule has 2 nitrogen and oxygen atoms in total. The predicted molar refractivity (Wildman–Crippen MR) is 73.3 cm³/mol. The van der Waals surface area contributed by atoms with Gasteiger partial charge < -0.3 is 0 Å². The summed E-state index contributed by atoms with van der Waals surface area (Å²) in [6, 6.07) is 2.36. The molecule has 1 atom stereocenters. The van der Waals surface area contributed by atoms with Crippen molar-refractivity contribution in [1.82, 2.24) is 5.43 Å². The Balaban J connectivity index is 2.18. The molecule has 0 saturated carbocycles. The fourth-order valence-corrected chi connectivity index (χ4v) is 3.70. The summed E-state index contributed by atoms with van der Waals surface area (Å²) in [6.07, 6.45) is 8.67. The predicted octanol–water partition coefficient (Wildman–Crippen LogP) is 3.91. The van der Waals surface area contributed by atoms with Crippen molar-refractivity contribution in [3.8, 4) is 0 Å². The molecule has 0 aromatic carbocycles. The van der Waals surface area contributed by atoms with Crippen molar-refractivity contribution in [2.45, 2.75) is 38.1 Å². The third-order valence-electron chi connectivity index (χ3n) is 2.99. The smallest absolute Gasteiger partial charge is 0.0763 e. The summed E-state index contributed by atoms with van der Waals surface area (Å²) in [6.45, 7) is 0. The molecule has 0 spiro atoms. The molecule has 0 saturated heterocycles. The van der Waals surface area contributed by atoms with Gasteiger partial charge in [-0.2, -0.15) is 0 Å². The summed E-state index contributed by atoms with van der Waals surface area (Å²) in [5.74, 6) is 5.70. The van der Waals surface area contributed by atoms with E-state index in [1.54, 1.807) is 11.3 Å². The number of allylic oxidation sites excluding steroid dienone is 1. The lowest BCUT2D eigenvalue weighted by atomic mass is 10.0. The van der Waals surface area contributed by atoms with E-state index in [9.17, 15) is 0 Å². The molecule has 4 heteroatoms. The molecular formula is C12H17BrN2S. The Morgan fingerprint density at radius 1 is 1.38 bits per heavy atom. The van der Waals surface area contributed by atoms with Crippen molar-refractivity contribution in [1.29, 1.82) is 0 Å². The maximum atomic E-state index is 5.70. The van der Waals surface area contributed by atoms with Gasteiger partial charge in [-0.25, -0.2) is 5.43 Å². The van der Waals surface area contributed by atoms with E-state index in [0.29, 0.717) is 0 Å². The Hall–Kier alpha value is -0.160. The van der Waals surface area contributed by atoms with E-state index in [4.69, 9.17) is 5.84 Å². The molecule has 1 aliphatic carbocycles. The highest BCUT2D eigenvalue weighted by Gasteiger charge is 2.17. The van der Waals surface area contributed by atoms with Crippen molar-refractivity contribution in [2.24, 2.45) is 5.84 Å². The van der Waals surface area contributed by atoms with Gasteiger partial charge in [0.25, 0.3) is 0 Å². The van der Waals surface area contributed by atoms with Gasteiger partial charge >= 0.3 is 0 Å². The highest BCUT2D eigenvalue weighted by atomic mass is 79.9. The quantitative estimate of drug-likeness (QED) is 0.505. The van der Waals surface area contributed by atoms with E-state index < -0.39 is 0 Å². The van der Waals surface area contributed by atoms with Gasteiger partial charge in [-0.1, -0.05) is 18.1 Å². The molecule has 1 aromatic heterocycles. The van der Waals surface area contributed by atoms with Crippen LogP contribution in [-0.4, -0.2) is 0 Å². The van der Waals surface area contributed by atoms with Gasteiger partial charge in [-0.05, 0) is 47.7 Å². The van der Waals surface area contributed by atoms with Crippen LogP contribution < -0.4 is 11.3 Å². The molecule has 1 heterocycles. The van der Waals surface area contributed by atoms with Crippen LogP contribution in [0.25, 0.3) is 0 Å². The lowest BCUT2D eigenvalue weighted by Gasteiger charge is -2.17. The van der Waals surface area contributed by atoms with E-state index in [1.165, 1.54) is 42.6 Å². The summed E-state index contributed by atoms with van der Waals surface area (Å²) in [5, 5.41) is 2.11. The first-order valence-electron chi connectivity index (χ1n) is 5.70. The summed E-state index contributed by atoms with van der Waals surface area (Å²) >= 11 is 5.24. The topological polar surface area (TPSA) is 38.0 Å². The van der Waals surface area contributed by atoms with Gasteiger partial charge in [0.05, 0.1) is 6.04 Å².